The molecule has 1 aromatic carbocycles. The molecule has 1 N–H and O–H groups in total. The fourth-order valence-corrected chi connectivity index (χ4v) is 2.06. The molecule has 0 amide bonds. The van der Waals surface area contributed by atoms with Crippen LogP contribution in [0.4, 0.5) is 4.39 Å². The average molecular weight is 253 g/mol. The van der Waals surface area contributed by atoms with E-state index >= 15 is 0 Å². The van der Waals surface area contributed by atoms with Crippen LogP contribution in [-0.4, -0.2) is 35.7 Å². The zero-order chi connectivity index (χ0) is 13.0. The van der Waals surface area contributed by atoms with Crippen LogP contribution in [0.3, 0.4) is 0 Å². The van der Waals surface area contributed by atoms with Crippen LogP contribution < -0.4 is 4.74 Å². The van der Waals surface area contributed by atoms with Gasteiger partial charge >= 0.3 is 5.97 Å². The first-order valence-corrected chi connectivity index (χ1v) is 6.00. The lowest BCUT2D eigenvalue weighted by atomic mass is 10.2. The molecule has 98 valence electrons. The molecule has 0 atom stereocenters. The van der Waals surface area contributed by atoms with Gasteiger partial charge in [-0.2, -0.15) is 0 Å². The maximum absolute atomic E-state index is 13.2. The second-order valence-electron chi connectivity index (χ2n) is 4.37. The number of fused-ring (bicyclic) bond motifs is 1. The van der Waals surface area contributed by atoms with Gasteiger partial charge < -0.3 is 9.84 Å². The Morgan fingerprint density at radius 2 is 2.33 bits per heavy atom. The molecular weight excluding hydrogens is 237 g/mol. The van der Waals surface area contributed by atoms with Gasteiger partial charge in [0.15, 0.2) is 0 Å². The number of hydrogen-bond donors (Lipinski definition) is 1. The summed E-state index contributed by atoms with van der Waals surface area (Å²) in [6, 6.07) is 4.51. The lowest BCUT2D eigenvalue weighted by Gasteiger charge is -2.18. The molecule has 1 aliphatic rings. The van der Waals surface area contributed by atoms with Crippen molar-refractivity contribution in [3.8, 4) is 5.75 Å². The van der Waals surface area contributed by atoms with Crippen LogP contribution in [0.15, 0.2) is 18.2 Å². The quantitative estimate of drug-likeness (QED) is 0.890. The number of rotatable bonds is 4. The SMILES string of the molecule is O=C(O)CCCN1CCOc2ccc(F)cc2C1. The third-order valence-corrected chi connectivity index (χ3v) is 2.95. The van der Waals surface area contributed by atoms with Gasteiger partial charge in [-0.3, -0.25) is 9.69 Å². The Balaban J connectivity index is 1.97. The summed E-state index contributed by atoms with van der Waals surface area (Å²) in [5.74, 6) is -0.339. The Morgan fingerprint density at radius 3 is 3.11 bits per heavy atom. The molecular formula is C13H16FNO3. The van der Waals surface area contributed by atoms with Crippen molar-refractivity contribution in [2.24, 2.45) is 0 Å². The highest BCUT2D eigenvalue weighted by atomic mass is 19.1. The largest absolute Gasteiger partial charge is 0.492 e. The maximum atomic E-state index is 13.2. The van der Waals surface area contributed by atoms with Crippen LogP contribution >= 0.6 is 0 Å². The summed E-state index contributed by atoms with van der Waals surface area (Å²) < 4.78 is 18.7. The number of nitrogens with zero attached hydrogens (tertiary/aromatic N) is 1. The predicted molar refractivity (Wildman–Crippen MR) is 64.0 cm³/mol. The Morgan fingerprint density at radius 1 is 1.50 bits per heavy atom. The van der Waals surface area contributed by atoms with Crippen molar-refractivity contribution in [1.29, 1.82) is 0 Å². The minimum absolute atomic E-state index is 0.160. The Kier molecular flexibility index (Phi) is 4.15. The molecule has 0 bridgehead atoms. The number of hydrogen-bond acceptors (Lipinski definition) is 3. The number of carbonyl (C=O) groups is 1. The summed E-state index contributed by atoms with van der Waals surface area (Å²) in [4.78, 5) is 12.6. The van der Waals surface area contributed by atoms with Crippen molar-refractivity contribution in [2.45, 2.75) is 19.4 Å². The third-order valence-electron chi connectivity index (χ3n) is 2.95. The van der Waals surface area contributed by atoms with Crippen LogP contribution in [0, 0.1) is 5.82 Å². The molecule has 0 aromatic heterocycles. The summed E-state index contributed by atoms with van der Waals surface area (Å²) in [5, 5.41) is 8.60. The number of carboxylic acids is 1. The average Bonchev–Trinajstić information content (AvgIpc) is 2.49. The minimum Gasteiger partial charge on any atom is -0.492 e. The van der Waals surface area contributed by atoms with E-state index in [1.54, 1.807) is 6.07 Å². The Labute approximate surface area is 105 Å². The highest BCUT2D eigenvalue weighted by molar-refractivity contribution is 5.66. The molecule has 1 aromatic rings. The van der Waals surface area contributed by atoms with Crippen molar-refractivity contribution in [3.63, 3.8) is 0 Å². The van der Waals surface area contributed by atoms with Crippen LogP contribution in [0.5, 0.6) is 5.75 Å². The summed E-state index contributed by atoms with van der Waals surface area (Å²) >= 11 is 0. The van der Waals surface area contributed by atoms with Crippen LogP contribution in [0.25, 0.3) is 0 Å². The normalized spacial score (nSPS) is 15.6. The molecule has 0 radical (unpaired) electrons. The topological polar surface area (TPSA) is 49.8 Å². The highest BCUT2D eigenvalue weighted by Crippen LogP contribution is 2.23. The van der Waals surface area contributed by atoms with Crippen LogP contribution in [0.1, 0.15) is 18.4 Å². The first kappa shape index (κ1) is 12.8. The number of carboxylic acid groups (broad SMARTS) is 1. The lowest BCUT2D eigenvalue weighted by Crippen LogP contribution is -2.27. The summed E-state index contributed by atoms with van der Waals surface area (Å²) in [6.45, 7) is 2.57. The molecule has 5 heteroatoms. The van der Waals surface area contributed by atoms with Gasteiger partial charge in [-0.25, -0.2) is 4.39 Å². The van der Waals surface area contributed by atoms with E-state index in [1.165, 1.54) is 12.1 Å². The van der Waals surface area contributed by atoms with Gasteiger partial charge in [0, 0.05) is 25.1 Å². The van der Waals surface area contributed by atoms with Crippen LogP contribution in [0.2, 0.25) is 0 Å². The first-order valence-electron chi connectivity index (χ1n) is 6.00. The molecule has 1 heterocycles. The van der Waals surface area contributed by atoms with Gasteiger partial charge in [0.05, 0.1) is 0 Å². The van der Waals surface area contributed by atoms with E-state index in [1.807, 2.05) is 0 Å². The fraction of sp³-hybridized carbons (Fsp3) is 0.462. The van der Waals surface area contributed by atoms with Gasteiger partial charge in [-0.05, 0) is 31.2 Å². The van der Waals surface area contributed by atoms with E-state index in [-0.39, 0.29) is 12.2 Å². The lowest BCUT2D eigenvalue weighted by molar-refractivity contribution is -0.137. The van der Waals surface area contributed by atoms with E-state index in [4.69, 9.17) is 9.84 Å². The number of benzene rings is 1. The van der Waals surface area contributed by atoms with Crippen molar-refractivity contribution in [2.75, 3.05) is 19.7 Å². The van der Waals surface area contributed by atoms with Crippen molar-refractivity contribution < 1.29 is 19.0 Å². The molecule has 18 heavy (non-hydrogen) atoms. The Bertz CT molecular complexity index is 436. The van der Waals surface area contributed by atoms with E-state index < -0.39 is 5.97 Å². The standard InChI is InChI=1S/C13H16FNO3/c14-11-3-4-12-10(8-11)9-15(6-7-18-12)5-1-2-13(16)17/h3-4,8H,1-2,5-7,9H2,(H,16,17). The van der Waals surface area contributed by atoms with E-state index in [0.717, 1.165) is 17.9 Å². The molecule has 0 unspecified atom stereocenters. The number of halogens is 1. The van der Waals surface area contributed by atoms with Gasteiger partial charge in [-0.15, -0.1) is 0 Å². The second-order valence-corrected chi connectivity index (χ2v) is 4.37. The monoisotopic (exact) mass is 253 g/mol. The molecule has 0 aliphatic carbocycles. The predicted octanol–water partition coefficient (Wildman–Crippen LogP) is 1.88. The highest BCUT2D eigenvalue weighted by Gasteiger charge is 2.15. The summed E-state index contributed by atoms with van der Waals surface area (Å²) in [7, 11) is 0. The maximum Gasteiger partial charge on any atom is 0.303 e. The first-order chi connectivity index (χ1) is 8.65. The van der Waals surface area contributed by atoms with E-state index in [9.17, 15) is 9.18 Å². The fourth-order valence-electron chi connectivity index (χ4n) is 2.06. The third kappa shape index (κ3) is 3.43. The number of aliphatic carboxylic acids is 1. The molecule has 0 spiro atoms. The molecule has 0 saturated heterocycles. The van der Waals surface area contributed by atoms with E-state index in [0.29, 0.717) is 26.1 Å². The van der Waals surface area contributed by atoms with Gasteiger partial charge in [-0.1, -0.05) is 0 Å². The van der Waals surface area contributed by atoms with Gasteiger partial charge in [0.25, 0.3) is 0 Å². The van der Waals surface area contributed by atoms with Crippen molar-refractivity contribution >= 4 is 5.97 Å². The summed E-state index contributed by atoms with van der Waals surface area (Å²) in [5.41, 5.74) is 0.822. The molecule has 0 fully saturated rings. The van der Waals surface area contributed by atoms with Crippen LogP contribution in [-0.2, 0) is 11.3 Å². The minimum atomic E-state index is -0.785. The van der Waals surface area contributed by atoms with Crippen molar-refractivity contribution in [3.05, 3.63) is 29.6 Å². The molecule has 1 aliphatic heterocycles. The van der Waals surface area contributed by atoms with Gasteiger partial charge in [0.1, 0.15) is 18.2 Å². The number of ether oxygens (including phenoxy) is 1. The molecule has 0 saturated carbocycles. The van der Waals surface area contributed by atoms with E-state index in [2.05, 4.69) is 4.90 Å². The smallest absolute Gasteiger partial charge is 0.303 e. The Hall–Kier alpha value is -1.62. The van der Waals surface area contributed by atoms with Crippen molar-refractivity contribution in [1.82, 2.24) is 4.90 Å². The van der Waals surface area contributed by atoms with Gasteiger partial charge in [0.2, 0.25) is 0 Å². The summed E-state index contributed by atoms with van der Waals surface area (Å²) in [6.07, 6.45) is 0.757. The molecule has 4 nitrogen and oxygen atoms in total. The zero-order valence-electron chi connectivity index (χ0n) is 10.1. The zero-order valence-corrected chi connectivity index (χ0v) is 10.1. The second kappa shape index (κ2) is 5.82. The molecule has 2 rings (SSSR count).